The van der Waals surface area contributed by atoms with Gasteiger partial charge in [-0.3, -0.25) is 9.59 Å². The summed E-state index contributed by atoms with van der Waals surface area (Å²) >= 11 is 1.28. The number of nitrogens with zero attached hydrogens (tertiary/aromatic N) is 1. The van der Waals surface area contributed by atoms with Crippen molar-refractivity contribution in [2.75, 3.05) is 30.6 Å². The van der Waals surface area contributed by atoms with Crippen LogP contribution in [0.15, 0.2) is 71.8 Å². The van der Waals surface area contributed by atoms with Gasteiger partial charge in [-0.1, -0.05) is 18.2 Å². The van der Waals surface area contributed by atoms with Crippen LogP contribution in [0.5, 0.6) is 11.5 Å². The first kappa shape index (κ1) is 21.2. The maximum absolute atomic E-state index is 12.6. The van der Waals surface area contributed by atoms with Crippen molar-refractivity contribution in [3.8, 4) is 11.5 Å². The number of hydrogen-bond acceptors (Lipinski definition) is 6. The number of ether oxygens (including phenoxy) is 2. The Kier molecular flexibility index (Phi) is 7.29. The summed E-state index contributed by atoms with van der Waals surface area (Å²) < 4.78 is 10.4. The van der Waals surface area contributed by atoms with Crippen LogP contribution in [-0.2, 0) is 4.79 Å². The summed E-state index contributed by atoms with van der Waals surface area (Å²) in [6, 6.07) is 17.6. The lowest BCUT2D eigenvalue weighted by molar-refractivity contribution is -0.113. The molecule has 0 saturated carbocycles. The first-order valence-electron chi connectivity index (χ1n) is 9.07. The van der Waals surface area contributed by atoms with Crippen molar-refractivity contribution in [2.45, 2.75) is 4.90 Å². The molecule has 154 valence electrons. The molecule has 2 aromatic carbocycles. The molecule has 0 aliphatic heterocycles. The number of hydrogen-bond donors (Lipinski definition) is 2. The van der Waals surface area contributed by atoms with Crippen molar-refractivity contribution in [1.29, 1.82) is 0 Å². The smallest absolute Gasteiger partial charge is 0.257 e. The van der Waals surface area contributed by atoms with Gasteiger partial charge in [-0.05, 0) is 36.4 Å². The van der Waals surface area contributed by atoms with Crippen LogP contribution >= 0.6 is 11.8 Å². The highest BCUT2D eigenvalue weighted by atomic mass is 32.2. The number of carbonyl (C=O) groups is 2. The molecule has 1 aromatic heterocycles. The van der Waals surface area contributed by atoms with Crippen LogP contribution in [0.1, 0.15) is 10.4 Å². The van der Waals surface area contributed by atoms with Crippen molar-refractivity contribution >= 4 is 35.1 Å². The first-order chi connectivity index (χ1) is 14.6. The van der Waals surface area contributed by atoms with E-state index in [1.165, 1.54) is 18.9 Å². The number of nitrogens with one attached hydrogen (secondary N) is 2. The average molecular weight is 423 g/mol. The highest BCUT2D eigenvalue weighted by molar-refractivity contribution is 8.00. The molecule has 0 aliphatic rings. The summed E-state index contributed by atoms with van der Waals surface area (Å²) in [6.45, 7) is 0. The first-order valence-corrected chi connectivity index (χ1v) is 10.1. The third-order valence-electron chi connectivity index (χ3n) is 4.06. The van der Waals surface area contributed by atoms with E-state index in [9.17, 15) is 9.59 Å². The Morgan fingerprint density at radius 3 is 2.43 bits per heavy atom. The highest BCUT2D eigenvalue weighted by Crippen LogP contribution is 2.30. The SMILES string of the molecule is COc1ccc(NC(=O)CSc2ccccc2C(=O)Nc2ccccn2)cc1OC. The normalized spacial score (nSPS) is 10.2. The number of amides is 2. The summed E-state index contributed by atoms with van der Waals surface area (Å²) in [6.07, 6.45) is 1.61. The summed E-state index contributed by atoms with van der Waals surface area (Å²) in [4.78, 5) is 29.8. The van der Waals surface area contributed by atoms with Crippen LogP contribution < -0.4 is 20.1 Å². The Bertz CT molecular complexity index is 1030. The summed E-state index contributed by atoms with van der Waals surface area (Å²) in [5.74, 6) is 1.23. The molecule has 0 saturated heterocycles. The summed E-state index contributed by atoms with van der Waals surface area (Å²) in [5, 5.41) is 5.58. The van der Waals surface area contributed by atoms with Gasteiger partial charge < -0.3 is 20.1 Å². The van der Waals surface area contributed by atoms with Crippen molar-refractivity contribution in [1.82, 2.24) is 4.98 Å². The molecule has 0 radical (unpaired) electrons. The summed E-state index contributed by atoms with van der Waals surface area (Å²) in [7, 11) is 3.08. The zero-order valence-electron chi connectivity index (χ0n) is 16.5. The largest absolute Gasteiger partial charge is 0.493 e. The van der Waals surface area contributed by atoms with E-state index in [1.807, 2.05) is 12.1 Å². The second kappa shape index (κ2) is 10.3. The van der Waals surface area contributed by atoms with Crippen LogP contribution in [-0.4, -0.2) is 36.8 Å². The molecule has 1 heterocycles. The molecule has 0 atom stereocenters. The second-order valence-corrected chi connectivity index (χ2v) is 7.09. The fraction of sp³-hybridized carbons (Fsp3) is 0.136. The molecule has 0 bridgehead atoms. The van der Waals surface area contributed by atoms with Crippen molar-refractivity contribution in [3.63, 3.8) is 0 Å². The van der Waals surface area contributed by atoms with Crippen LogP contribution in [0, 0.1) is 0 Å². The van der Waals surface area contributed by atoms with Gasteiger partial charge >= 0.3 is 0 Å². The van der Waals surface area contributed by atoms with Gasteiger partial charge in [-0.25, -0.2) is 4.98 Å². The molecule has 0 aliphatic carbocycles. The lowest BCUT2D eigenvalue weighted by atomic mass is 10.2. The number of carbonyl (C=O) groups excluding carboxylic acids is 2. The van der Waals surface area contributed by atoms with Gasteiger partial charge in [0.15, 0.2) is 11.5 Å². The van der Waals surface area contributed by atoms with Gasteiger partial charge in [0.1, 0.15) is 5.82 Å². The minimum atomic E-state index is -0.280. The van der Waals surface area contributed by atoms with Gasteiger partial charge in [0.2, 0.25) is 5.91 Å². The standard InChI is InChI=1S/C22H21N3O4S/c1-28-17-11-10-15(13-18(17)29-2)24-21(26)14-30-19-8-4-3-7-16(19)22(27)25-20-9-5-6-12-23-20/h3-13H,14H2,1-2H3,(H,24,26)(H,23,25,27). The molecular formula is C22H21N3O4S. The average Bonchev–Trinajstić information content (AvgIpc) is 2.78. The van der Waals surface area contributed by atoms with Crippen molar-refractivity contribution in [3.05, 3.63) is 72.4 Å². The maximum Gasteiger partial charge on any atom is 0.257 e. The van der Waals surface area contributed by atoms with E-state index >= 15 is 0 Å². The zero-order valence-corrected chi connectivity index (χ0v) is 17.4. The molecule has 0 spiro atoms. The van der Waals surface area contributed by atoms with Gasteiger partial charge in [0.25, 0.3) is 5.91 Å². The molecule has 7 nitrogen and oxygen atoms in total. The molecule has 3 rings (SSSR count). The third kappa shape index (κ3) is 5.51. The molecule has 30 heavy (non-hydrogen) atoms. The minimum absolute atomic E-state index is 0.141. The number of pyridine rings is 1. The van der Waals surface area contributed by atoms with E-state index in [1.54, 1.807) is 61.8 Å². The topological polar surface area (TPSA) is 89.5 Å². The second-order valence-electron chi connectivity index (χ2n) is 6.07. The number of thioether (sulfide) groups is 1. The Labute approximate surface area is 178 Å². The maximum atomic E-state index is 12.6. The fourth-order valence-corrected chi connectivity index (χ4v) is 3.50. The monoisotopic (exact) mass is 423 g/mol. The quantitative estimate of drug-likeness (QED) is 0.531. The summed E-state index contributed by atoms with van der Waals surface area (Å²) in [5.41, 5.74) is 1.08. The Morgan fingerprint density at radius 2 is 1.70 bits per heavy atom. The van der Waals surface area contributed by atoms with Gasteiger partial charge in [0.05, 0.1) is 25.5 Å². The number of methoxy groups -OCH3 is 2. The highest BCUT2D eigenvalue weighted by Gasteiger charge is 2.14. The molecule has 3 aromatic rings. The van der Waals surface area contributed by atoms with Crippen molar-refractivity contribution in [2.24, 2.45) is 0 Å². The van der Waals surface area contributed by atoms with E-state index in [2.05, 4.69) is 15.6 Å². The van der Waals surface area contributed by atoms with Crippen molar-refractivity contribution < 1.29 is 19.1 Å². The van der Waals surface area contributed by atoms with E-state index in [4.69, 9.17) is 9.47 Å². The van der Waals surface area contributed by atoms with E-state index in [-0.39, 0.29) is 17.6 Å². The predicted molar refractivity (Wildman–Crippen MR) is 118 cm³/mol. The number of benzene rings is 2. The van der Waals surface area contributed by atoms with Gasteiger partial charge in [0, 0.05) is 22.8 Å². The Hall–Kier alpha value is -3.52. The Morgan fingerprint density at radius 1 is 0.933 bits per heavy atom. The Balaban J connectivity index is 1.63. The van der Waals surface area contributed by atoms with Gasteiger partial charge in [-0.2, -0.15) is 0 Å². The molecule has 2 amide bonds. The minimum Gasteiger partial charge on any atom is -0.493 e. The van der Waals surface area contributed by atoms with E-state index in [0.29, 0.717) is 33.5 Å². The zero-order chi connectivity index (χ0) is 21.3. The number of rotatable bonds is 8. The fourth-order valence-electron chi connectivity index (χ4n) is 2.65. The number of anilines is 2. The van der Waals surface area contributed by atoms with Crippen LogP contribution in [0.3, 0.4) is 0 Å². The third-order valence-corrected chi connectivity index (χ3v) is 5.14. The van der Waals surface area contributed by atoms with E-state index in [0.717, 1.165) is 0 Å². The molecule has 0 fully saturated rings. The lowest BCUT2D eigenvalue weighted by Crippen LogP contribution is -2.16. The van der Waals surface area contributed by atoms with Crippen LogP contribution in [0.4, 0.5) is 11.5 Å². The van der Waals surface area contributed by atoms with E-state index < -0.39 is 0 Å². The molecule has 8 heteroatoms. The molecule has 2 N–H and O–H groups in total. The predicted octanol–water partition coefficient (Wildman–Crippen LogP) is 4.08. The number of aromatic nitrogens is 1. The lowest BCUT2D eigenvalue weighted by Gasteiger charge is -2.11. The van der Waals surface area contributed by atoms with Crippen LogP contribution in [0.25, 0.3) is 0 Å². The van der Waals surface area contributed by atoms with Crippen LogP contribution in [0.2, 0.25) is 0 Å². The molecule has 0 unspecified atom stereocenters. The van der Waals surface area contributed by atoms with Gasteiger partial charge in [-0.15, -0.1) is 11.8 Å². The molecular weight excluding hydrogens is 402 g/mol.